The summed E-state index contributed by atoms with van der Waals surface area (Å²) < 4.78 is 17.9. The second kappa shape index (κ2) is 4.60. The van der Waals surface area contributed by atoms with Crippen LogP contribution in [0.25, 0.3) is 0 Å². The van der Waals surface area contributed by atoms with Crippen LogP contribution in [0, 0.1) is 5.82 Å². The zero-order chi connectivity index (χ0) is 12.3. The van der Waals surface area contributed by atoms with Gasteiger partial charge in [0.15, 0.2) is 11.6 Å². The first-order valence-corrected chi connectivity index (χ1v) is 4.71. The number of hydrogen-bond donors (Lipinski definition) is 2. The van der Waals surface area contributed by atoms with Crippen molar-refractivity contribution in [3.8, 4) is 5.75 Å². The Morgan fingerprint density at radius 1 is 1.53 bits per heavy atom. The molecule has 2 rings (SSSR count). The lowest BCUT2D eigenvalue weighted by atomic mass is 10.3. The van der Waals surface area contributed by atoms with E-state index in [2.05, 4.69) is 20.5 Å². The van der Waals surface area contributed by atoms with Gasteiger partial charge in [-0.15, -0.1) is 0 Å². The van der Waals surface area contributed by atoms with E-state index in [0.717, 1.165) is 0 Å². The Balaban J connectivity index is 2.16. The van der Waals surface area contributed by atoms with Gasteiger partial charge >= 0.3 is 0 Å². The molecule has 1 aromatic carbocycles. The molecule has 1 heterocycles. The first-order chi connectivity index (χ1) is 8.20. The molecular weight excluding hydrogens is 227 g/mol. The number of nitrogens with zero attached hydrogens (tertiary/aromatic N) is 2. The van der Waals surface area contributed by atoms with E-state index in [9.17, 15) is 9.18 Å². The fraction of sp³-hybridized carbons (Fsp3) is 0.100. The third kappa shape index (κ3) is 2.39. The molecule has 88 valence electrons. The summed E-state index contributed by atoms with van der Waals surface area (Å²) in [5.74, 6) is -0.824. The third-order valence-electron chi connectivity index (χ3n) is 2.04. The maximum atomic E-state index is 13.1. The molecule has 2 N–H and O–H groups in total. The molecule has 0 aliphatic heterocycles. The summed E-state index contributed by atoms with van der Waals surface area (Å²) in [6, 6.07) is 4.00. The number of nitrogens with one attached hydrogen (secondary N) is 2. The van der Waals surface area contributed by atoms with Crippen LogP contribution in [0.4, 0.5) is 10.1 Å². The van der Waals surface area contributed by atoms with E-state index >= 15 is 0 Å². The second-order valence-corrected chi connectivity index (χ2v) is 3.14. The largest absolute Gasteiger partial charge is 0.494 e. The van der Waals surface area contributed by atoms with Gasteiger partial charge < -0.3 is 10.1 Å². The van der Waals surface area contributed by atoms with Crippen LogP contribution in [-0.2, 0) is 0 Å². The SMILES string of the molecule is COc1cc(NC(=O)c2ncn[nH]2)ccc1F. The molecule has 17 heavy (non-hydrogen) atoms. The van der Waals surface area contributed by atoms with E-state index in [0.29, 0.717) is 5.69 Å². The van der Waals surface area contributed by atoms with Gasteiger partial charge in [0.1, 0.15) is 6.33 Å². The summed E-state index contributed by atoms with van der Waals surface area (Å²) in [5.41, 5.74) is 0.407. The smallest absolute Gasteiger partial charge is 0.292 e. The Kier molecular flexibility index (Phi) is 2.99. The van der Waals surface area contributed by atoms with Gasteiger partial charge in [0.2, 0.25) is 5.82 Å². The predicted molar refractivity (Wildman–Crippen MR) is 57.3 cm³/mol. The van der Waals surface area contributed by atoms with Gasteiger partial charge in [-0.2, -0.15) is 5.10 Å². The van der Waals surface area contributed by atoms with Gasteiger partial charge in [-0.1, -0.05) is 0 Å². The minimum atomic E-state index is -0.495. The van der Waals surface area contributed by atoms with Crippen LogP contribution < -0.4 is 10.1 Å². The van der Waals surface area contributed by atoms with Gasteiger partial charge in [0, 0.05) is 11.8 Å². The highest BCUT2D eigenvalue weighted by Gasteiger charge is 2.10. The summed E-state index contributed by atoms with van der Waals surface area (Å²) in [6.07, 6.45) is 1.22. The van der Waals surface area contributed by atoms with E-state index in [-0.39, 0.29) is 11.6 Å². The first-order valence-electron chi connectivity index (χ1n) is 4.71. The number of ether oxygens (including phenoxy) is 1. The molecule has 0 aliphatic carbocycles. The fourth-order valence-corrected chi connectivity index (χ4v) is 1.24. The number of anilines is 1. The fourth-order valence-electron chi connectivity index (χ4n) is 1.24. The first kappa shape index (κ1) is 11.1. The minimum Gasteiger partial charge on any atom is -0.494 e. The summed E-state index contributed by atoms with van der Waals surface area (Å²) >= 11 is 0. The van der Waals surface area contributed by atoms with Crippen molar-refractivity contribution in [3.05, 3.63) is 36.2 Å². The van der Waals surface area contributed by atoms with Crippen molar-refractivity contribution >= 4 is 11.6 Å². The average molecular weight is 236 g/mol. The van der Waals surface area contributed by atoms with Crippen LogP contribution >= 0.6 is 0 Å². The number of rotatable bonds is 3. The summed E-state index contributed by atoms with van der Waals surface area (Å²) in [4.78, 5) is 15.3. The Bertz CT molecular complexity index is 527. The molecule has 0 unspecified atom stereocenters. The van der Waals surface area contributed by atoms with Crippen LogP contribution in [-0.4, -0.2) is 28.2 Å². The topological polar surface area (TPSA) is 79.9 Å². The van der Waals surface area contributed by atoms with Crippen LogP contribution in [0.3, 0.4) is 0 Å². The number of hydrogen-bond acceptors (Lipinski definition) is 4. The van der Waals surface area contributed by atoms with E-state index < -0.39 is 11.7 Å². The van der Waals surface area contributed by atoms with Crippen molar-refractivity contribution in [2.45, 2.75) is 0 Å². The minimum absolute atomic E-state index is 0.0559. The number of benzene rings is 1. The average Bonchev–Trinajstić information content (AvgIpc) is 2.85. The Morgan fingerprint density at radius 2 is 2.35 bits per heavy atom. The maximum absolute atomic E-state index is 13.1. The molecule has 1 aromatic heterocycles. The number of methoxy groups -OCH3 is 1. The zero-order valence-corrected chi connectivity index (χ0v) is 8.90. The van der Waals surface area contributed by atoms with Gasteiger partial charge in [-0.3, -0.25) is 9.89 Å². The third-order valence-corrected chi connectivity index (χ3v) is 2.04. The van der Waals surface area contributed by atoms with E-state index in [1.165, 1.54) is 31.6 Å². The zero-order valence-electron chi connectivity index (χ0n) is 8.90. The summed E-state index contributed by atoms with van der Waals surface area (Å²) in [6.45, 7) is 0. The quantitative estimate of drug-likeness (QED) is 0.839. The highest BCUT2D eigenvalue weighted by molar-refractivity contribution is 6.01. The number of halogens is 1. The Hall–Kier alpha value is -2.44. The Morgan fingerprint density at radius 3 is 3.00 bits per heavy atom. The standard InChI is InChI=1S/C10H9FN4O2/c1-17-8-4-6(2-3-7(8)11)14-10(16)9-12-5-13-15-9/h2-5H,1H3,(H,14,16)(H,12,13,15). The lowest BCUT2D eigenvalue weighted by molar-refractivity contribution is 0.101. The lowest BCUT2D eigenvalue weighted by Gasteiger charge is -2.06. The molecule has 6 nitrogen and oxygen atoms in total. The van der Waals surface area contributed by atoms with Crippen LogP contribution in [0.5, 0.6) is 5.75 Å². The maximum Gasteiger partial charge on any atom is 0.292 e. The molecule has 0 radical (unpaired) electrons. The number of H-pyrrole nitrogens is 1. The molecule has 0 fully saturated rings. The van der Waals surface area contributed by atoms with Gasteiger partial charge in [-0.05, 0) is 12.1 Å². The highest BCUT2D eigenvalue weighted by atomic mass is 19.1. The van der Waals surface area contributed by atoms with Crippen molar-refractivity contribution < 1.29 is 13.9 Å². The molecule has 1 amide bonds. The molecule has 7 heteroatoms. The van der Waals surface area contributed by atoms with Crippen molar-refractivity contribution in [1.29, 1.82) is 0 Å². The van der Waals surface area contributed by atoms with Crippen molar-refractivity contribution in [2.75, 3.05) is 12.4 Å². The number of carbonyl (C=O) groups is 1. The summed E-state index contributed by atoms with van der Waals surface area (Å²) in [5, 5.41) is 8.50. The normalized spacial score (nSPS) is 10.0. The molecular formula is C10H9FN4O2. The van der Waals surface area contributed by atoms with Gasteiger partial charge in [-0.25, -0.2) is 9.37 Å². The van der Waals surface area contributed by atoms with Crippen LogP contribution in [0.15, 0.2) is 24.5 Å². The van der Waals surface area contributed by atoms with Gasteiger partial charge in [0.25, 0.3) is 5.91 Å². The number of aromatic amines is 1. The number of carbonyl (C=O) groups excluding carboxylic acids is 1. The molecule has 0 spiro atoms. The highest BCUT2D eigenvalue weighted by Crippen LogP contribution is 2.21. The van der Waals surface area contributed by atoms with Crippen molar-refractivity contribution in [3.63, 3.8) is 0 Å². The number of aromatic nitrogens is 3. The van der Waals surface area contributed by atoms with Crippen LogP contribution in [0.2, 0.25) is 0 Å². The molecule has 0 saturated carbocycles. The van der Waals surface area contributed by atoms with Gasteiger partial charge in [0.05, 0.1) is 7.11 Å². The Labute approximate surface area is 95.8 Å². The lowest BCUT2D eigenvalue weighted by Crippen LogP contribution is -2.13. The van der Waals surface area contributed by atoms with Crippen LogP contribution in [0.1, 0.15) is 10.6 Å². The van der Waals surface area contributed by atoms with Crippen molar-refractivity contribution in [2.24, 2.45) is 0 Å². The molecule has 0 bridgehead atoms. The molecule has 0 atom stereocenters. The molecule has 0 saturated heterocycles. The molecule has 2 aromatic rings. The van der Waals surface area contributed by atoms with E-state index in [1.54, 1.807) is 0 Å². The summed E-state index contributed by atoms with van der Waals surface area (Å²) in [7, 11) is 1.35. The molecule has 0 aliphatic rings. The van der Waals surface area contributed by atoms with Crippen molar-refractivity contribution in [1.82, 2.24) is 15.2 Å². The monoisotopic (exact) mass is 236 g/mol. The van der Waals surface area contributed by atoms with E-state index in [1.807, 2.05) is 0 Å². The predicted octanol–water partition coefficient (Wildman–Crippen LogP) is 1.20. The second-order valence-electron chi connectivity index (χ2n) is 3.14. The number of amides is 1. The van der Waals surface area contributed by atoms with E-state index in [4.69, 9.17) is 4.74 Å².